The van der Waals surface area contributed by atoms with Crippen molar-refractivity contribution in [3.8, 4) is 0 Å². The zero-order valence-electron chi connectivity index (χ0n) is 13.5. The Hall–Kier alpha value is -1.60. The third-order valence-corrected chi connectivity index (χ3v) is 6.07. The van der Waals surface area contributed by atoms with Crippen LogP contribution in [0.1, 0.15) is 18.6 Å². The van der Waals surface area contributed by atoms with Crippen molar-refractivity contribution in [1.82, 2.24) is 10.3 Å². The van der Waals surface area contributed by atoms with Crippen LogP contribution >= 0.6 is 34.7 Å². The van der Waals surface area contributed by atoms with Gasteiger partial charge in [-0.05, 0) is 30.7 Å². The fourth-order valence-corrected chi connectivity index (χ4v) is 4.41. The predicted octanol–water partition coefficient (Wildman–Crippen LogP) is 4.28. The molecule has 0 radical (unpaired) electrons. The molecule has 0 saturated carbocycles. The van der Waals surface area contributed by atoms with Gasteiger partial charge in [0.15, 0.2) is 4.34 Å². The third-order valence-electron chi connectivity index (χ3n) is 3.66. The molecule has 1 heterocycles. The van der Waals surface area contributed by atoms with Crippen molar-refractivity contribution < 1.29 is 9.90 Å². The molecule has 4 nitrogen and oxygen atoms in total. The van der Waals surface area contributed by atoms with Gasteiger partial charge in [0.1, 0.15) is 0 Å². The van der Waals surface area contributed by atoms with Gasteiger partial charge < -0.3 is 10.4 Å². The highest BCUT2D eigenvalue weighted by molar-refractivity contribution is 8.01. The number of aliphatic hydroxyl groups is 1. The van der Waals surface area contributed by atoms with E-state index in [1.807, 2.05) is 48.5 Å². The van der Waals surface area contributed by atoms with Gasteiger partial charge in [-0.3, -0.25) is 4.79 Å². The maximum Gasteiger partial charge on any atom is 0.230 e. The van der Waals surface area contributed by atoms with Crippen LogP contribution in [0.15, 0.2) is 52.9 Å². The number of thioether (sulfide) groups is 1. The Balaban J connectivity index is 1.55. The van der Waals surface area contributed by atoms with Crippen LogP contribution in [-0.4, -0.2) is 27.8 Å². The zero-order valence-corrected chi connectivity index (χ0v) is 15.9. The van der Waals surface area contributed by atoms with Crippen molar-refractivity contribution in [3.05, 3.63) is 59.1 Å². The van der Waals surface area contributed by atoms with Gasteiger partial charge in [0, 0.05) is 5.02 Å². The lowest BCUT2D eigenvalue weighted by Gasteiger charge is -2.20. The summed E-state index contributed by atoms with van der Waals surface area (Å²) in [6, 6.07) is 14.5. The molecular formula is C18H17ClN2O2S2. The van der Waals surface area contributed by atoms with Crippen molar-refractivity contribution >= 4 is 50.8 Å². The Kier molecular flexibility index (Phi) is 5.96. The first-order valence-corrected chi connectivity index (χ1v) is 9.92. The van der Waals surface area contributed by atoms with Gasteiger partial charge in [-0.25, -0.2) is 4.98 Å². The highest BCUT2D eigenvalue weighted by Gasteiger charge is 2.18. The predicted molar refractivity (Wildman–Crippen MR) is 104 cm³/mol. The number of nitrogens with zero attached hydrogens (tertiary/aromatic N) is 1. The molecule has 2 aromatic carbocycles. The summed E-state index contributed by atoms with van der Waals surface area (Å²) in [4.78, 5) is 16.6. The van der Waals surface area contributed by atoms with Gasteiger partial charge in [-0.2, -0.15) is 0 Å². The molecule has 2 N–H and O–H groups in total. The average Bonchev–Trinajstić information content (AvgIpc) is 3.02. The molecule has 0 bridgehead atoms. The Labute approximate surface area is 159 Å². The molecule has 0 spiro atoms. The fraction of sp³-hybridized carbons (Fsp3) is 0.222. The van der Waals surface area contributed by atoms with Crippen LogP contribution in [0, 0.1) is 0 Å². The van der Waals surface area contributed by atoms with Crippen LogP contribution < -0.4 is 5.32 Å². The minimum atomic E-state index is -0.736. The molecule has 0 aliphatic carbocycles. The SMILES string of the molecule is CC(NC(=O)CSc1nc2cc(Cl)ccc2s1)C(O)c1ccccc1. The number of benzene rings is 2. The number of carbonyl (C=O) groups is 1. The molecule has 3 rings (SSSR count). The van der Waals surface area contributed by atoms with Gasteiger partial charge in [0.2, 0.25) is 5.91 Å². The van der Waals surface area contributed by atoms with E-state index >= 15 is 0 Å². The van der Waals surface area contributed by atoms with Crippen LogP contribution in [-0.2, 0) is 4.79 Å². The number of nitrogens with one attached hydrogen (secondary N) is 1. The quantitative estimate of drug-likeness (QED) is 0.614. The summed E-state index contributed by atoms with van der Waals surface area (Å²) in [5, 5.41) is 13.8. The molecule has 0 aliphatic rings. The summed E-state index contributed by atoms with van der Waals surface area (Å²) >= 11 is 8.88. The van der Waals surface area contributed by atoms with E-state index in [4.69, 9.17) is 11.6 Å². The molecular weight excluding hydrogens is 376 g/mol. The smallest absolute Gasteiger partial charge is 0.230 e. The number of hydrogen-bond acceptors (Lipinski definition) is 5. The first-order valence-electron chi connectivity index (χ1n) is 7.74. The molecule has 2 atom stereocenters. The van der Waals surface area contributed by atoms with E-state index in [1.165, 1.54) is 23.1 Å². The highest BCUT2D eigenvalue weighted by atomic mass is 35.5. The molecule has 0 saturated heterocycles. The molecule has 130 valence electrons. The lowest BCUT2D eigenvalue weighted by atomic mass is 10.0. The molecule has 3 aromatic rings. The zero-order chi connectivity index (χ0) is 17.8. The molecule has 2 unspecified atom stereocenters. The number of amides is 1. The van der Waals surface area contributed by atoms with Gasteiger partial charge in [-0.1, -0.05) is 53.7 Å². The largest absolute Gasteiger partial charge is 0.386 e. The van der Waals surface area contributed by atoms with E-state index in [0.29, 0.717) is 5.02 Å². The summed E-state index contributed by atoms with van der Waals surface area (Å²) in [6.07, 6.45) is -0.736. The lowest BCUT2D eigenvalue weighted by Crippen LogP contribution is -2.38. The van der Waals surface area contributed by atoms with E-state index < -0.39 is 6.10 Å². The van der Waals surface area contributed by atoms with Gasteiger partial charge in [0.05, 0.1) is 28.1 Å². The number of rotatable bonds is 6. The van der Waals surface area contributed by atoms with Gasteiger partial charge >= 0.3 is 0 Å². The van der Waals surface area contributed by atoms with Crippen LogP contribution in [0.4, 0.5) is 0 Å². The maximum atomic E-state index is 12.1. The Morgan fingerprint density at radius 3 is 2.84 bits per heavy atom. The van der Waals surface area contributed by atoms with Crippen LogP contribution in [0.2, 0.25) is 5.02 Å². The number of aromatic nitrogens is 1. The molecule has 7 heteroatoms. The fourth-order valence-electron chi connectivity index (χ4n) is 2.38. The second-order valence-electron chi connectivity index (χ2n) is 5.59. The minimum absolute atomic E-state index is 0.134. The number of aliphatic hydroxyl groups excluding tert-OH is 1. The summed E-state index contributed by atoms with van der Waals surface area (Å²) in [5.41, 5.74) is 1.62. The maximum absolute atomic E-state index is 12.1. The Morgan fingerprint density at radius 2 is 2.08 bits per heavy atom. The van der Waals surface area contributed by atoms with Crippen molar-refractivity contribution in [2.24, 2.45) is 0 Å². The third kappa shape index (κ3) is 4.73. The molecule has 0 fully saturated rings. The number of thiazole rings is 1. The van der Waals surface area contributed by atoms with E-state index in [1.54, 1.807) is 6.92 Å². The Bertz CT molecular complexity index is 870. The van der Waals surface area contributed by atoms with Crippen molar-refractivity contribution in [1.29, 1.82) is 0 Å². The summed E-state index contributed by atoms with van der Waals surface area (Å²) in [5.74, 6) is 0.115. The second-order valence-corrected chi connectivity index (χ2v) is 8.28. The summed E-state index contributed by atoms with van der Waals surface area (Å²) in [6.45, 7) is 1.79. The van der Waals surface area contributed by atoms with E-state index in [2.05, 4.69) is 10.3 Å². The van der Waals surface area contributed by atoms with Crippen molar-refractivity contribution in [2.75, 3.05) is 5.75 Å². The van der Waals surface area contributed by atoms with E-state index in [-0.39, 0.29) is 17.7 Å². The number of fused-ring (bicyclic) bond motifs is 1. The number of hydrogen-bond donors (Lipinski definition) is 2. The summed E-state index contributed by atoms with van der Waals surface area (Å²) in [7, 11) is 0. The van der Waals surface area contributed by atoms with Crippen LogP contribution in [0.5, 0.6) is 0 Å². The number of halogens is 1. The van der Waals surface area contributed by atoms with Crippen LogP contribution in [0.3, 0.4) is 0 Å². The summed E-state index contributed by atoms with van der Waals surface area (Å²) < 4.78 is 1.86. The van der Waals surface area contributed by atoms with Crippen molar-refractivity contribution in [2.45, 2.75) is 23.4 Å². The highest BCUT2D eigenvalue weighted by Crippen LogP contribution is 2.30. The number of carbonyl (C=O) groups excluding carboxylic acids is 1. The molecule has 1 amide bonds. The monoisotopic (exact) mass is 392 g/mol. The molecule has 0 aliphatic heterocycles. The van der Waals surface area contributed by atoms with E-state index in [9.17, 15) is 9.90 Å². The second kappa shape index (κ2) is 8.19. The lowest BCUT2D eigenvalue weighted by molar-refractivity contribution is -0.119. The van der Waals surface area contributed by atoms with Gasteiger partial charge in [0.25, 0.3) is 0 Å². The van der Waals surface area contributed by atoms with E-state index in [0.717, 1.165) is 20.1 Å². The minimum Gasteiger partial charge on any atom is -0.386 e. The molecule has 25 heavy (non-hydrogen) atoms. The standard InChI is InChI=1S/C18H17ClN2O2S2/c1-11(17(23)12-5-3-2-4-6-12)20-16(22)10-24-18-21-14-9-13(19)7-8-15(14)25-18/h2-9,11,17,23H,10H2,1H3,(H,20,22). The first kappa shape index (κ1) is 18.2. The topological polar surface area (TPSA) is 62.2 Å². The normalized spacial score (nSPS) is 13.6. The van der Waals surface area contributed by atoms with Crippen molar-refractivity contribution in [3.63, 3.8) is 0 Å². The molecule has 1 aromatic heterocycles. The van der Waals surface area contributed by atoms with Crippen LogP contribution in [0.25, 0.3) is 10.2 Å². The Morgan fingerprint density at radius 1 is 1.32 bits per heavy atom. The van der Waals surface area contributed by atoms with Gasteiger partial charge in [-0.15, -0.1) is 11.3 Å². The average molecular weight is 393 g/mol. The first-order chi connectivity index (χ1) is 12.0.